The zero-order valence-corrected chi connectivity index (χ0v) is 7.69. The molecule has 0 amide bonds. The van der Waals surface area contributed by atoms with Crippen molar-refractivity contribution in [1.82, 2.24) is 10.2 Å². The summed E-state index contributed by atoms with van der Waals surface area (Å²) in [6.07, 6.45) is -1.01. The minimum Gasteiger partial charge on any atom is -0.363 e. The van der Waals surface area contributed by atoms with Crippen LogP contribution in [0.15, 0.2) is 0 Å². The molecule has 0 fully saturated rings. The second-order valence-electron chi connectivity index (χ2n) is 2.04. The Balaban J connectivity index is 3.92. The fraction of sp³-hybridized carbons (Fsp3) is 0.833. The van der Waals surface area contributed by atoms with Gasteiger partial charge in [-0.3, -0.25) is 5.73 Å². The topological polar surface area (TPSA) is 61.5 Å². The summed E-state index contributed by atoms with van der Waals surface area (Å²) < 4.78 is 0. The first-order valence-corrected chi connectivity index (χ1v) is 4.02. The molecule has 1 unspecified atom stereocenters. The average molecular weight is 177 g/mol. The van der Waals surface area contributed by atoms with Gasteiger partial charge in [-0.05, 0) is 26.1 Å². The number of hydrogen-bond acceptors (Lipinski definition) is 3. The van der Waals surface area contributed by atoms with Gasteiger partial charge in [0.1, 0.15) is 0 Å². The highest BCUT2D eigenvalue weighted by molar-refractivity contribution is 7.80. The Morgan fingerprint density at radius 3 is 2.55 bits per heavy atom. The van der Waals surface area contributed by atoms with Crippen molar-refractivity contribution >= 4 is 17.3 Å². The van der Waals surface area contributed by atoms with Gasteiger partial charge in [0.15, 0.2) is 11.5 Å². The molecule has 0 heterocycles. The van der Waals surface area contributed by atoms with Crippen molar-refractivity contribution in [3.8, 4) is 0 Å². The maximum absolute atomic E-state index is 8.99. The number of rotatable bonds is 3. The predicted octanol–water partition coefficient (Wildman–Crippen LogP) is -0.563. The van der Waals surface area contributed by atoms with E-state index in [4.69, 9.17) is 23.1 Å². The maximum atomic E-state index is 8.99. The Morgan fingerprint density at radius 1 is 1.73 bits per heavy atom. The van der Waals surface area contributed by atoms with Crippen molar-refractivity contribution in [2.24, 2.45) is 5.73 Å². The van der Waals surface area contributed by atoms with E-state index in [0.717, 1.165) is 6.54 Å². The number of nitrogens with two attached hydrogens (primary N) is 1. The fourth-order valence-corrected chi connectivity index (χ4v) is 1.09. The summed E-state index contributed by atoms with van der Waals surface area (Å²) >= 11 is 4.92. The van der Waals surface area contributed by atoms with Crippen molar-refractivity contribution in [2.45, 2.75) is 20.2 Å². The van der Waals surface area contributed by atoms with Gasteiger partial charge in [-0.2, -0.15) is 0 Å². The highest BCUT2D eigenvalue weighted by Crippen LogP contribution is 1.90. The Bertz CT molecular complexity index is 129. The third kappa shape index (κ3) is 3.50. The number of aliphatic hydroxyl groups is 1. The first-order chi connectivity index (χ1) is 5.13. The van der Waals surface area contributed by atoms with Gasteiger partial charge in [-0.15, -0.1) is 0 Å². The molecule has 0 aliphatic heterocycles. The van der Waals surface area contributed by atoms with E-state index in [1.165, 1.54) is 4.90 Å². The van der Waals surface area contributed by atoms with E-state index >= 15 is 0 Å². The summed E-state index contributed by atoms with van der Waals surface area (Å²) in [5, 5.41) is 12.4. The molecule has 0 aliphatic rings. The van der Waals surface area contributed by atoms with Gasteiger partial charge in [-0.1, -0.05) is 0 Å². The molecule has 0 rings (SSSR count). The van der Waals surface area contributed by atoms with E-state index in [2.05, 4.69) is 5.32 Å². The minimum atomic E-state index is -1.01. The second-order valence-corrected chi connectivity index (χ2v) is 2.42. The first-order valence-electron chi connectivity index (χ1n) is 3.61. The van der Waals surface area contributed by atoms with Crippen LogP contribution in [-0.4, -0.2) is 34.6 Å². The van der Waals surface area contributed by atoms with E-state index in [1.807, 2.05) is 13.8 Å². The van der Waals surface area contributed by atoms with Crippen LogP contribution in [0.4, 0.5) is 0 Å². The smallest absolute Gasteiger partial charge is 0.183 e. The van der Waals surface area contributed by atoms with E-state index in [0.29, 0.717) is 11.7 Å². The van der Waals surface area contributed by atoms with Gasteiger partial charge in [0.05, 0.1) is 0 Å². The average Bonchev–Trinajstić information content (AvgIpc) is 1.88. The summed E-state index contributed by atoms with van der Waals surface area (Å²) in [4.78, 5) is 1.50. The van der Waals surface area contributed by atoms with Gasteiger partial charge < -0.3 is 15.3 Å². The van der Waals surface area contributed by atoms with Crippen LogP contribution in [0.5, 0.6) is 0 Å². The minimum absolute atomic E-state index is 0.491. The standard InChI is InChI=1S/C6H15N3OS/c1-3-8-6(11)9(4-2)5(7)10/h5,10H,3-4,7H2,1-2H3,(H,8,11). The molecule has 0 saturated heterocycles. The van der Waals surface area contributed by atoms with Crippen LogP contribution in [0.1, 0.15) is 13.8 Å². The second kappa shape index (κ2) is 5.29. The lowest BCUT2D eigenvalue weighted by Gasteiger charge is -2.26. The van der Waals surface area contributed by atoms with Crippen molar-refractivity contribution in [1.29, 1.82) is 0 Å². The van der Waals surface area contributed by atoms with Crippen LogP contribution in [-0.2, 0) is 0 Å². The molecule has 5 heteroatoms. The molecule has 0 aromatic carbocycles. The summed E-state index contributed by atoms with van der Waals surface area (Å²) in [7, 11) is 0. The zero-order chi connectivity index (χ0) is 8.85. The molecule has 11 heavy (non-hydrogen) atoms. The summed E-state index contributed by atoms with van der Waals surface area (Å²) in [6.45, 7) is 5.15. The third-order valence-electron chi connectivity index (χ3n) is 1.25. The summed E-state index contributed by atoms with van der Waals surface area (Å²) in [5.41, 5.74) is 5.23. The molecular weight excluding hydrogens is 162 g/mol. The van der Waals surface area contributed by atoms with Gasteiger partial charge in [-0.25, -0.2) is 0 Å². The molecule has 0 spiro atoms. The van der Waals surface area contributed by atoms with E-state index in [1.54, 1.807) is 0 Å². The quantitative estimate of drug-likeness (QED) is 0.398. The molecule has 0 aliphatic carbocycles. The van der Waals surface area contributed by atoms with Crippen LogP contribution in [0, 0.1) is 0 Å². The number of nitrogens with zero attached hydrogens (tertiary/aromatic N) is 1. The molecule has 1 atom stereocenters. The fourth-order valence-electron chi connectivity index (χ4n) is 0.704. The number of hydrogen-bond donors (Lipinski definition) is 3. The Morgan fingerprint density at radius 2 is 2.27 bits per heavy atom. The molecule has 0 aromatic rings. The molecule has 0 saturated carbocycles. The van der Waals surface area contributed by atoms with E-state index < -0.39 is 6.35 Å². The zero-order valence-electron chi connectivity index (χ0n) is 6.87. The lowest BCUT2D eigenvalue weighted by molar-refractivity contribution is 0.0623. The Hall–Kier alpha value is -0.390. The van der Waals surface area contributed by atoms with Crippen LogP contribution in [0.2, 0.25) is 0 Å². The number of nitrogens with one attached hydrogen (secondary N) is 1. The van der Waals surface area contributed by atoms with Gasteiger partial charge in [0.2, 0.25) is 0 Å². The SMILES string of the molecule is CCNC(=S)N(CC)C(N)O. The van der Waals surface area contributed by atoms with Crippen molar-refractivity contribution in [2.75, 3.05) is 13.1 Å². The van der Waals surface area contributed by atoms with Crippen molar-refractivity contribution < 1.29 is 5.11 Å². The predicted molar refractivity (Wildman–Crippen MR) is 48.8 cm³/mol. The number of thiocarbonyl (C=S) groups is 1. The van der Waals surface area contributed by atoms with E-state index in [-0.39, 0.29) is 0 Å². The Kier molecular flexibility index (Phi) is 5.10. The maximum Gasteiger partial charge on any atom is 0.183 e. The summed E-state index contributed by atoms with van der Waals surface area (Å²) in [5.74, 6) is 0. The van der Waals surface area contributed by atoms with E-state index in [9.17, 15) is 0 Å². The van der Waals surface area contributed by atoms with Gasteiger partial charge in [0.25, 0.3) is 0 Å². The lowest BCUT2D eigenvalue weighted by atomic mass is 10.6. The molecule has 0 aromatic heterocycles. The normalized spacial score (nSPS) is 12.4. The monoisotopic (exact) mass is 177 g/mol. The molecular formula is C6H15N3OS. The van der Waals surface area contributed by atoms with Gasteiger partial charge >= 0.3 is 0 Å². The van der Waals surface area contributed by atoms with Gasteiger partial charge in [0, 0.05) is 13.1 Å². The lowest BCUT2D eigenvalue weighted by Crippen LogP contribution is -2.49. The molecule has 66 valence electrons. The van der Waals surface area contributed by atoms with Crippen LogP contribution in [0.3, 0.4) is 0 Å². The first kappa shape index (κ1) is 10.6. The third-order valence-corrected chi connectivity index (χ3v) is 1.63. The van der Waals surface area contributed by atoms with Crippen LogP contribution in [0.25, 0.3) is 0 Å². The molecule has 0 bridgehead atoms. The van der Waals surface area contributed by atoms with Crippen LogP contribution >= 0.6 is 12.2 Å². The molecule has 0 radical (unpaired) electrons. The molecule has 4 N–H and O–H groups in total. The summed E-state index contributed by atoms with van der Waals surface area (Å²) in [6, 6.07) is 0. The molecule has 4 nitrogen and oxygen atoms in total. The van der Waals surface area contributed by atoms with Crippen LogP contribution < -0.4 is 11.1 Å². The number of aliphatic hydroxyl groups excluding tert-OH is 1. The van der Waals surface area contributed by atoms with Crippen molar-refractivity contribution in [3.05, 3.63) is 0 Å². The highest BCUT2D eigenvalue weighted by Gasteiger charge is 2.10. The largest absolute Gasteiger partial charge is 0.363 e. The Labute approximate surface area is 72.4 Å². The highest BCUT2D eigenvalue weighted by atomic mass is 32.1. The van der Waals surface area contributed by atoms with Crippen molar-refractivity contribution in [3.63, 3.8) is 0 Å².